The minimum absolute atomic E-state index is 0. The van der Waals surface area contributed by atoms with E-state index in [2.05, 4.69) is 25.1 Å². The van der Waals surface area contributed by atoms with Gasteiger partial charge in [-0.2, -0.15) is 0 Å². The zero-order valence-corrected chi connectivity index (χ0v) is 4.96. The van der Waals surface area contributed by atoms with Gasteiger partial charge in [-0.3, -0.25) is 0 Å². The van der Waals surface area contributed by atoms with Gasteiger partial charge in [0, 0.05) is 16.6 Å². The molecule has 2 radical (unpaired) electrons. The maximum atomic E-state index is 4.64. The van der Waals surface area contributed by atoms with E-state index < -0.39 is 0 Å². The van der Waals surface area contributed by atoms with Gasteiger partial charge in [-0.1, -0.05) is 0 Å². The van der Waals surface area contributed by atoms with Crippen molar-refractivity contribution in [1.82, 2.24) is 0 Å². The van der Waals surface area contributed by atoms with Crippen LogP contribution in [-0.2, 0) is 8.53 Å². The Labute approximate surface area is 49.2 Å². The molecule has 0 atom stereocenters. The van der Waals surface area contributed by atoms with E-state index in [0.717, 1.165) is 0 Å². The fourth-order valence-electron chi connectivity index (χ4n) is 0.131. The van der Waals surface area contributed by atoms with E-state index in [-0.39, 0.29) is 2.85 Å². The predicted molar refractivity (Wildman–Crippen MR) is 27.8 cm³/mol. The van der Waals surface area contributed by atoms with Crippen molar-refractivity contribution in [2.45, 2.75) is 0 Å². The quantitative estimate of drug-likeness (QED) is 0.378. The van der Waals surface area contributed by atoms with Gasteiger partial charge in [0.05, 0.1) is 6.61 Å². The van der Waals surface area contributed by atoms with Gasteiger partial charge in [-0.15, -0.1) is 0 Å². The first kappa shape index (κ1) is 6.45. The number of hydrogen-bond acceptors (Lipinski definition) is 2. The van der Waals surface area contributed by atoms with E-state index in [1.807, 2.05) is 0 Å². The average molecular weight is 106 g/mol. The highest BCUT2D eigenvalue weighted by molar-refractivity contribution is 5.97. The molecule has 0 fully saturated rings. The summed E-state index contributed by atoms with van der Waals surface area (Å²) in [5.74, 6) is 0. The first-order chi connectivity index (χ1) is 2.91. The minimum atomic E-state index is 0. The maximum Gasteiger partial charge on any atom is 0.369 e. The Balaban J connectivity index is -0.000000125. The molecular formula is C3H11AlO2. The van der Waals surface area contributed by atoms with Crippen molar-refractivity contribution in [2.24, 2.45) is 0 Å². The van der Waals surface area contributed by atoms with Crippen LogP contribution in [-0.4, -0.2) is 36.9 Å². The molecule has 0 aliphatic rings. The van der Waals surface area contributed by atoms with Gasteiger partial charge in [-0.25, -0.2) is 0 Å². The van der Waals surface area contributed by atoms with Crippen LogP contribution < -0.4 is 0 Å². The molecule has 0 aliphatic heterocycles. The van der Waals surface area contributed by atoms with Gasteiger partial charge >= 0.3 is 16.6 Å². The van der Waals surface area contributed by atoms with Crippen LogP contribution in [0.25, 0.3) is 0 Å². The Morgan fingerprint density at radius 3 is 2.50 bits per heavy atom. The highest BCUT2D eigenvalue weighted by atomic mass is 27.1. The average Bonchev–Trinajstić information content (AvgIpc) is 1.61. The highest BCUT2D eigenvalue weighted by Gasteiger charge is 1.72. The lowest BCUT2D eigenvalue weighted by molar-refractivity contribution is 0.152. The minimum Gasteiger partial charge on any atom is -0.514 e. The molecule has 3 heteroatoms. The standard InChI is InChI=1S/C3H7O2.Al.2H2/c1-5-3-2-4;;;/h2-3H2,1H3;;2*1H/q-1;+1;;. The summed E-state index contributed by atoms with van der Waals surface area (Å²) in [6, 6.07) is 0. The van der Waals surface area contributed by atoms with Gasteiger partial charge in [0.2, 0.25) is 0 Å². The maximum absolute atomic E-state index is 4.64. The molecular weight excluding hydrogens is 95.0 g/mol. The van der Waals surface area contributed by atoms with Gasteiger partial charge < -0.3 is 8.53 Å². The molecule has 0 amide bonds. The number of methoxy groups -OCH3 is 1. The molecule has 0 spiro atoms. The summed E-state index contributed by atoms with van der Waals surface area (Å²) in [5, 5.41) is 0. The lowest BCUT2D eigenvalue weighted by Crippen LogP contribution is -1.97. The van der Waals surface area contributed by atoms with Crippen LogP contribution in [0.5, 0.6) is 0 Å². The van der Waals surface area contributed by atoms with E-state index in [1.54, 1.807) is 7.11 Å². The fourth-order valence-corrected chi connectivity index (χ4v) is 0.228. The third-order valence-corrected chi connectivity index (χ3v) is 0.641. The molecule has 0 aromatic heterocycles. The summed E-state index contributed by atoms with van der Waals surface area (Å²) in [6.45, 7) is 1.32. The summed E-state index contributed by atoms with van der Waals surface area (Å²) in [5.41, 5.74) is 0. The molecule has 0 bridgehead atoms. The third-order valence-electron chi connectivity index (χ3n) is 0.405. The van der Waals surface area contributed by atoms with E-state index >= 15 is 0 Å². The monoisotopic (exact) mass is 106 g/mol. The Hall–Kier alpha value is 0.452. The lowest BCUT2D eigenvalue weighted by Gasteiger charge is -1.93. The molecule has 38 valence electrons. The summed E-state index contributed by atoms with van der Waals surface area (Å²) < 4.78 is 9.22. The van der Waals surface area contributed by atoms with Gasteiger partial charge in [0.25, 0.3) is 0 Å². The topological polar surface area (TPSA) is 18.5 Å². The van der Waals surface area contributed by atoms with Crippen LogP contribution in [0.15, 0.2) is 0 Å². The third kappa shape index (κ3) is 4.45. The van der Waals surface area contributed by atoms with Crippen LogP contribution in [0, 0.1) is 0 Å². The van der Waals surface area contributed by atoms with Crippen LogP contribution in [0.4, 0.5) is 0 Å². The number of rotatable bonds is 3. The second-order valence-electron chi connectivity index (χ2n) is 0.864. The van der Waals surface area contributed by atoms with E-state index in [1.165, 1.54) is 0 Å². The van der Waals surface area contributed by atoms with Gasteiger partial charge in [0.15, 0.2) is 0 Å². The molecule has 0 unspecified atom stereocenters. The largest absolute Gasteiger partial charge is 0.514 e. The second-order valence-corrected chi connectivity index (χ2v) is 1.20. The van der Waals surface area contributed by atoms with Crippen LogP contribution >= 0.6 is 0 Å². The molecule has 0 rings (SSSR count). The molecule has 0 aliphatic carbocycles. The predicted octanol–water partition coefficient (Wildman–Crippen LogP) is 0.225. The molecule has 0 heterocycles. The van der Waals surface area contributed by atoms with Gasteiger partial charge in [-0.05, 0) is 0 Å². The number of hydrogen-bond donors (Lipinski definition) is 0. The zero-order chi connectivity index (χ0) is 4.83. The Kier molecular flexibility index (Phi) is 5.86. The molecule has 2 nitrogen and oxygen atoms in total. The normalized spacial score (nSPS) is 8.83. The summed E-state index contributed by atoms with van der Waals surface area (Å²) in [7, 11) is 1.64. The molecule has 0 saturated heterocycles. The van der Waals surface area contributed by atoms with E-state index in [9.17, 15) is 0 Å². The van der Waals surface area contributed by atoms with Crippen molar-refractivity contribution >= 4 is 16.6 Å². The fraction of sp³-hybridized carbons (Fsp3) is 1.00. The Bertz CT molecular complexity index is 27.2. The molecule has 0 saturated carbocycles. The first-order valence-corrected chi connectivity index (χ1v) is 2.19. The first-order valence-electron chi connectivity index (χ1n) is 1.72. The van der Waals surface area contributed by atoms with Crippen molar-refractivity contribution < 1.29 is 11.4 Å². The molecule has 0 N–H and O–H groups in total. The smallest absolute Gasteiger partial charge is 0.369 e. The van der Waals surface area contributed by atoms with Crippen LogP contribution in [0.3, 0.4) is 0 Å². The van der Waals surface area contributed by atoms with Crippen LogP contribution in [0.2, 0.25) is 0 Å². The van der Waals surface area contributed by atoms with Crippen molar-refractivity contribution in [2.75, 3.05) is 20.3 Å². The van der Waals surface area contributed by atoms with E-state index in [4.69, 9.17) is 0 Å². The van der Waals surface area contributed by atoms with Crippen molar-refractivity contribution in [3.05, 3.63) is 0 Å². The second kappa shape index (κ2) is 5.45. The zero-order valence-electron chi connectivity index (χ0n) is 3.81. The molecule has 0 aromatic rings. The van der Waals surface area contributed by atoms with Crippen molar-refractivity contribution in [1.29, 1.82) is 0 Å². The Morgan fingerprint density at radius 2 is 2.33 bits per heavy atom. The van der Waals surface area contributed by atoms with E-state index in [0.29, 0.717) is 13.2 Å². The number of ether oxygens (including phenoxy) is 1. The lowest BCUT2D eigenvalue weighted by atomic mass is 10.8. The summed E-state index contributed by atoms with van der Waals surface area (Å²) >= 11 is 2.15. The highest BCUT2D eigenvalue weighted by Crippen LogP contribution is 1.64. The van der Waals surface area contributed by atoms with Crippen molar-refractivity contribution in [3.63, 3.8) is 0 Å². The summed E-state index contributed by atoms with van der Waals surface area (Å²) in [6.07, 6.45) is 0. The Morgan fingerprint density at radius 1 is 1.67 bits per heavy atom. The molecule has 6 heavy (non-hydrogen) atoms. The SMILES string of the molecule is COCC[O][Al].[HH].[HH]. The van der Waals surface area contributed by atoms with Crippen LogP contribution in [0.1, 0.15) is 2.85 Å². The summed E-state index contributed by atoms with van der Waals surface area (Å²) in [4.78, 5) is 0. The molecule has 0 aromatic carbocycles. The van der Waals surface area contributed by atoms with Gasteiger partial charge in [0.1, 0.15) is 0 Å². The van der Waals surface area contributed by atoms with Crippen molar-refractivity contribution in [3.8, 4) is 0 Å².